The molecule has 0 unspecified atom stereocenters. The Morgan fingerprint density at radius 1 is 1.38 bits per heavy atom. The zero-order chi connectivity index (χ0) is 14.7. The number of nitrogens with zero attached hydrogens (tertiary/aromatic N) is 1. The van der Waals surface area contributed by atoms with Crippen LogP contribution in [0.2, 0.25) is 0 Å². The van der Waals surface area contributed by atoms with Gasteiger partial charge in [0, 0.05) is 19.2 Å². The Kier molecular flexibility index (Phi) is 3.95. The van der Waals surface area contributed by atoms with Crippen molar-refractivity contribution in [3.63, 3.8) is 0 Å². The van der Waals surface area contributed by atoms with Crippen LogP contribution in [0, 0.1) is 0 Å². The van der Waals surface area contributed by atoms with Crippen LogP contribution < -0.4 is 4.74 Å². The molecule has 4 heteroatoms. The van der Waals surface area contributed by atoms with Gasteiger partial charge < -0.3 is 14.0 Å². The van der Waals surface area contributed by atoms with Crippen LogP contribution in [-0.4, -0.2) is 23.8 Å². The number of ether oxygens (including phenoxy) is 2. The van der Waals surface area contributed by atoms with Gasteiger partial charge in [-0.2, -0.15) is 0 Å². The Morgan fingerprint density at radius 3 is 3.14 bits per heavy atom. The maximum atomic E-state index is 11.8. The summed E-state index contributed by atoms with van der Waals surface area (Å²) in [7, 11) is 0. The lowest BCUT2D eigenvalue weighted by atomic mass is 10.1. The van der Waals surface area contributed by atoms with Gasteiger partial charge in [-0.15, -0.1) is 0 Å². The average molecular weight is 285 g/mol. The summed E-state index contributed by atoms with van der Waals surface area (Å²) in [6.45, 7) is 3.76. The molecular formula is C17H19NO3. The number of hydrogen-bond donors (Lipinski definition) is 0. The molecule has 4 nitrogen and oxygen atoms in total. The SMILES string of the molecule is CCOC(=O)c1cccn1CCc1ccc2c(c1)CCO2. The molecule has 110 valence electrons. The van der Waals surface area contributed by atoms with Crippen molar-refractivity contribution in [2.45, 2.75) is 26.3 Å². The van der Waals surface area contributed by atoms with Crippen LogP contribution in [0.3, 0.4) is 0 Å². The predicted molar refractivity (Wildman–Crippen MR) is 79.7 cm³/mol. The standard InChI is InChI=1S/C17H19NO3/c1-2-20-17(19)15-4-3-9-18(15)10-7-13-5-6-16-14(12-13)8-11-21-16/h3-6,9,12H,2,7-8,10-11H2,1H3. The van der Waals surface area contributed by atoms with E-state index < -0.39 is 0 Å². The molecule has 0 N–H and O–H groups in total. The van der Waals surface area contributed by atoms with E-state index in [1.165, 1.54) is 11.1 Å². The van der Waals surface area contributed by atoms with Crippen LogP contribution in [0.1, 0.15) is 28.5 Å². The smallest absolute Gasteiger partial charge is 0.354 e. The molecule has 0 spiro atoms. The van der Waals surface area contributed by atoms with Crippen molar-refractivity contribution in [3.8, 4) is 5.75 Å². The zero-order valence-electron chi connectivity index (χ0n) is 12.2. The first-order chi connectivity index (χ1) is 10.3. The highest BCUT2D eigenvalue weighted by Gasteiger charge is 2.13. The second-order valence-corrected chi connectivity index (χ2v) is 5.10. The number of carbonyl (C=O) groups excluding carboxylic acids is 1. The summed E-state index contributed by atoms with van der Waals surface area (Å²) in [4.78, 5) is 11.8. The summed E-state index contributed by atoms with van der Waals surface area (Å²) < 4.78 is 12.5. The highest BCUT2D eigenvalue weighted by molar-refractivity contribution is 5.87. The topological polar surface area (TPSA) is 40.5 Å². The van der Waals surface area contributed by atoms with E-state index in [1.54, 1.807) is 6.07 Å². The largest absolute Gasteiger partial charge is 0.493 e. The van der Waals surface area contributed by atoms with E-state index >= 15 is 0 Å². The molecule has 21 heavy (non-hydrogen) atoms. The van der Waals surface area contributed by atoms with Crippen LogP contribution in [0.25, 0.3) is 0 Å². The van der Waals surface area contributed by atoms with Crippen LogP contribution in [0.4, 0.5) is 0 Å². The number of hydrogen-bond acceptors (Lipinski definition) is 3. The van der Waals surface area contributed by atoms with Crippen molar-refractivity contribution in [1.29, 1.82) is 0 Å². The minimum Gasteiger partial charge on any atom is -0.493 e. The van der Waals surface area contributed by atoms with Crippen molar-refractivity contribution >= 4 is 5.97 Å². The first-order valence-electron chi connectivity index (χ1n) is 7.35. The Hall–Kier alpha value is -2.23. The number of benzene rings is 1. The van der Waals surface area contributed by atoms with Crippen LogP contribution in [0.5, 0.6) is 5.75 Å². The van der Waals surface area contributed by atoms with Gasteiger partial charge in [0.05, 0.1) is 13.2 Å². The number of aryl methyl sites for hydroxylation is 2. The highest BCUT2D eigenvalue weighted by Crippen LogP contribution is 2.26. The molecule has 0 radical (unpaired) electrons. The van der Waals surface area contributed by atoms with Crippen molar-refractivity contribution in [2.24, 2.45) is 0 Å². The molecule has 0 saturated carbocycles. The van der Waals surface area contributed by atoms with Gasteiger partial charge in [-0.3, -0.25) is 0 Å². The number of carbonyl (C=O) groups is 1. The van der Waals surface area contributed by atoms with E-state index in [0.717, 1.165) is 31.7 Å². The molecule has 0 aliphatic carbocycles. The molecule has 0 saturated heterocycles. The Morgan fingerprint density at radius 2 is 2.29 bits per heavy atom. The maximum Gasteiger partial charge on any atom is 0.354 e. The highest BCUT2D eigenvalue weighted by atomic mass is 16.5. The Labute approximate surface area is 124 Å². The number of fused-ring (bicyclic) bond motifs is 1. The molecule has 2 heterocycles. The summed E-state index contributed by atoms with van der Waals surface area (Å²) in [5.74, 6) is 0.747. The van der Waals surface area contributed by atoms with E-state index in [1.807, 2.05) is 29.8 Å². The molecule has 0 fully saturated rings. The molecule has 0 atom stereocenters. The van der Waals surface area contributed by atoms with Crippen molar-refractivity contribution in [2.75, 3.05) is 13.2 Å². The van der Waals surface area contributed by atoms with Crippen molar-refractivity contribution in [3.05, 3.63) is 53.3 Å². The van der Waals surface area contributed by atoms with Gasteiger partial charge in [0.15, 0.2) is 0 Å². The van der Waals surface area contributed by atoms with E-state index in [9.17, 15) is 4.79 Å². The van der Waals surface area contributed by atoms with Crippen LogP contribution in [0.15, 0.2) is 36.5 Å². The van der Waals surface area contributed by atoms with Crippen LogP contribution >= 0.6 is 0 Å². The average Bonchev–Trinajstić information content (AvgIpc) is 3.13. The minimum atomic E-state index is -0.259. The third-order valence-corrected chi connectivity index (χ3v) is 3.71. The zero-order valence-corrected chi connectivity index (χ0v) is 12.2. The van der Waals surface area contributed by atoms with E-state index in [4.69, 9.17) is 9.47 Å². The van der Waals surface area contributed by atoms with Gasteiger partial charge in [0.2, 0.25) is 0 Å². The van der Waals surface area contributed by atoms with Gasteiger partial charge in [0.1, 0.15) is 11.4 Å². The monoisotopic (exact) mass is 285 g/mol. The van der Waals surface area contributed by atoms with Gasteiger partial charge in [-0.25, -0.2) is 4.79 Å². The number of esters is 1. The fraction of sp³-hybridized carbons (Fsp3) is 0.353. The molecule has 2 aromatic rings. The first-order valence-corrected chi connectivity index (χ1v) is 7.35. The molecular weight excluding hydrogens is 266 g/mol. The normalized spacial score (nSPS) is 12.8. The Bertz CT molecular complexity index is 645. The molecule has 1 aromatic carbocycles. The van der Waals surface area contributed by atoms with Crippen LogP contribution in [-0.2, 0) is 24.1 Å². The lowest BCUT2D eigenvalue weighted by Gasteiger charge is -2.09. The summed E-state index contributed by atoms with van der Waals surface area (Å²) in [6.07, 6.45) is 3.79. The fourth-order valence-corrected chi connectivity index (χ4v) is 2.64. The first kappa shape index (κ1) is 13.7. The third kappa shape index (κ3) is 2.94. The van der Waals surface area contributed by atoms with Crippen molar-refractivity contribution in [1.82, 2.24) is 4.57 Å². The minimum absolute atomic E-state index is 0.259. The number of aromatic nitrogens is 1. The quantitative estimate of drug-likeness (QED) is 0.793. The second-order valence-electron chi connectivity index (χ2n) is 5.10. The lowest BCUT2D eigenvalue weighted by Crippen LogP contribution is -2.12. The molecule has 1 aliphatic heterocycles. The number of rotatable bonds is 5. The Balaban J connectivity index is 1.68. The fourth-order valence-electron chi connectivity index (χ4n) is 2.64. The summed E-state index contributed by atoms with van der Waals surface area (Å²) in [5, 5.41) is 0. The molecule has 1 aromatic heterocycles. The predicted octanol–water partition coefficient (Wildman–Crippen LogP) is 2.84. The summed E-state index contributed by atoms with van der Waals surface area (Å²) >= 11 is 0. The molecule has 3 rings (SSSR count). The van der Waals surface area contributed by atoms with Gasteiger partial charge in [0.25, 0.3) is 0 Å². The second kappa shape index (κ2) is 6.04. The summed E-state index contributed by atoms with van der Waals surface area (Å²) in [6, 6.07) is 10.0. The third-order valence-electron chi connectivity index (χ3n) is 3.71. The molecule has 0 amide bonds. The molecule has 0 bridgehead atoms. The molecule has 1 aliphatic rings. The maximum absolute atomic E-state index is 11.8. The summed E-state index contributed by atoms with van der Waals surface area (Å²) in [5.41, 5.74) is 3.16. The lowest BCUT2D eigenvalue weighted by molar-refractivity contribution is 0.0513. The van der Waals surface area contributed by atoms with E-state index in [2.05, 4.69) is 12.1 Å². The van der Waals surface area contributed by atoms with E-state index in [-0.39, 0.29) is 5.97 Å². The van der Waals surface area contributed by atoms with Gasteiger partial charge >= 0.3 is 5.97 Å². The van der Waals surface area contributed by atoms with Crippen molar-refractivity contribution < 1.29 is 14.3 Å². The van der Waals surface area contributed by atoms with E-state index in [0.29, 0.717) is 12.3 Å². The van der Waals surface area contributed by atoms with Gasteiger partial charge in [-0.05, 0) is 42.7 Å². The van der Waals surface area contributed by atoms with Gasteiger partial charge in [-0.1, -0.05) is 12.1 Å².